The van der Waals surface area contributed by atoms with Gasteiger partial charge in [0.15, 0.2) is 0 Å². The average molecular weight is 282 g/mol. The fourth-order valence-corrected chi connectivity index (χ4v) is 3.55. The van der Waals surface area contributed by atoms with Gasteiger partial charge in [0.05, 0.1) is 10.7 Å². The Labute approximate surface area is 120 Å². The summed E-state index contributed by atoms with van der Waals surface area (Å²) in [5.41, 5.74) is 7.01. The Bertz CT molecular complexity index is 414. The number of likely N-dealkylation sites (N-methyl/N-ethyl adjacent to an activating group) is 1. The van der Waals surface area contributed by atoms with Crippen LogP contribution < -0.4 is 5.73 Å². The number of thiazole rings is 1. The van der Waals surface area contributed by atoms with E-state index in [9.17, 15) is 0 Å². The van der Waals surface area contributed by atoms with Crippen molar-refractivity contribution >= 4 is 11.3 Å². The Morgan fingerprint density at radius 2 is 1.89 bits per heavy atom. The van der Waals surface area contributed by atoms with Crippen molar-refractivity contribution in [1.82, 2.24) is 14.8 Å². The van der Waals surface area contributed by atoms with Crippen molar-refractivity contribution in [2.24, 2.45) is 5.73 Å². The molecule has 2 heterocycles. The summed E-state index contributed by atoms with van der Waals surface area (Å²) in [7, 11) is 2.19. The topological polar surface area (TPSA) is 45.4 Å². The lowest BCUT2D eigenvalue weighted by Crippen LogP contribution is -2.45. The first-order chi connectivity index (χ1) is 8.86. The number of piperazine rings is 1. The molecule has 5 heteroatoms. The van der Waals surface area contributed by atoms with Crippen LogP contribution in [0.3, 0.4) is 0 Å². The van der Waals surface area contributed by atoms with Gasteiger partial charge in [-0.05, 0) is 27.8 Å². The van der Waals surface area contributed by atoms with E-state index in [4.69, 9.17) is 5.73 Å². The standard InChI is InChI=1S/C14H26N4S/c1-11-13(14(2,3)15)19-12(16-11)5-6-18-9-7-17(4)8-10-18/h5-10,15H2,1-4H3. The molecule has 1 saturated heterocycles. The predicted octanol–water partition coefficient (Wildman–Crippen LogP) is 1.44. The molecule has 4 nitrogen and oxygen atoms in total. The van der Waals surface area contributed by atoms with Crippen LogP contribution in [0.4, 0.5) is 0 Å². The summed E-state index contributed by atoms with van der Waals surface area (Å²) in [5.74, 6) is 0. The van der Waals surface area contributed by atoms with E-state index in [0.717, 1.165) is 18.7 Å². The van der Waals surface area contributed by atoms with E-state index in [1.54, 1.807) is 11.3 Å². The van der Waals surface area contributed by atoms with Crippen molar-refractivity contribution in [3.63, 3.8) is 0 Å². The number of aromatic nitrogens is 1. The molecule has 19 heavy (non-hydrogen) atoms. The minimum Gasteiger partial charge on any atom is -0.321 e. The van der Waals surface area contributed by atoms with Crippen LogP contribution in [-0.4, -0.2) is 54.6 Å². The SMILES string of the molecule is Cc1nc(CCN2CCN(C)CC2)sc1C(C)(C)N. The Balaban J connectivity index is 1.90. The van der Waals surface area contributed by atoms with E-state index < -0.39 is 0 Å². The second kappa shape index (κ2) is 5.87. The Hall–Kier alpha value is -0.490. The highest BCUT2D eigenvalue weighted by Crippen LogP contribution is 2.28. The van der Waals surface area contributed by atoms with Gasteiger partial charge in [-0.15, -0.1) is 11.3 Å². The molecule has 2 rings (SSSR count). The summed E-state index contributed by atoms with van der Waals surface area (Å²) < 4.78 is 0. The smallest absolute Gasteiger partial charge is 0.0944 e. The molecule has 0 radical (unpaired) electrons. The lowest BCUT2D eigenvalue weighted by atomic mass is 10.0. The van der Waals surface area contributed by atoms with Crippen LogP contribution >= 0.6 is 11.3 Å². The second-order valence-electron chi connectivity index (χ2n) is 6.14. The third kappa shape index (κ3) is 3.99. The molecule has 1 aliphatic heterocycles. The Morgan fingerprint density at radius 3 is 2.42 bits per heavy atom. The summed E-state index contributed by atoms with van der Waals surface area (Å²) in [5, 5.41) is 1.23. The monoisotopic (exact) mass is 282 g/mol. The van der Waals surface area contributed by atoms with E-state index in [2.05, 4.69) is 42.6 Å². The van der Waals surface area contributed by atoms with Crippen LogP contribution in [0.2, 0.25) is 0 Å². The molecule has 1 aromatic heterocycles. The van der Waals surface area contributed by atoms with Crippen molar-refractivity contribution < 1.29 is 0 Å². The quantitative estimate of drug-likeness (QED) is 0.907. The van der Waals surface area contributed by atoms with Gasteiger partial charge in [-0.3, -0.25) is 0 Å². The van der Waals surface area contributed by atoms with Crippen LogP contribution in [0.15, 0.2) is 0 Å². The Kier molecular flexibility index (Phi) is 4.61. The van der Waals surface area contributed by atoms with Crippen molar-refractivity contribution in [1.29, 1.82) is 0 Å². The van der Waals surface area contributed by atoms with Gasteiger partial charge in [-0.1, -0.05) is 0 Å². The second-order valence-corrected chi connectivity index (χ2v) is 7.22. The maximum absolute atomic E-state index is 6.18. The Morgan fingerprint density at radius 1 is 1.26 bits per heavy atom. The highest BCUT2D eigenvalue weighted by atomic mass is 32.1. The van der Waals surface area contributed by atoms with Crippen LogP contribution in [0.5, 0.6) is 0 Å². The van der Waals surface area contributed by atoms with E-state index >= 15 is 0 Å². The molecule has 0 bridgehead atoms. The van der Waals surface area contributed by atoms with E-state index in [1.165, 1.54) is 36.1 Å². The molecular weight excluding hydrogens is 256 g/mol. The number of hydrogen-bond acceptors (Lipinski definition) is 5. The zero-order chi connectivity index (χ0) is 14.0. The van der Waals surface area contributed by atoms with Crippen molar-refractivity contribution in [2.45, 2.75) is 32.7 Å². The molecule has 0 saturated carbocycles. The first-order valence-corrected chi connectivity index (χ1v) is 7.84. The molecule has 0 unspecified atom stereocenters. The van der Waals surface area contributed by atoms with Gasteiger partial charge < -0.3 is 15.5 Å². The van der Waals surface area contributed by atoms with E-state index in [0.29, 0.717) is 0 Å². The summed E-state index contributed by atoms with van der Waals surface area (Å²) in [4.78, 5) is 10.8. The molecule has 2 N–H and O–H groups in total. The zero-order valence-electron chi connectivity index (χ0n) is 12.6. The molecule has 0 aromatic carbocycles. The van der Waals surface area contributed by atoms with E-state index in [-0.39, 0.29) is 5.54 Å². The number of nitrogens with zero attached hydrogens (tertiary/aromatic N) is 3. The third-order valence-corrected chi connectivity index (χ3v) is 5.22. The van der Waals surface area contributed by atoms with Gasteiger partial charge in [0.25, 0.3) is 0 Å². The van der Waals surface area contributed by atoms with Gasteiger partial charge in [0.2, 0.25) is 0 Å². The van der Waals surface area contributed by atoms with Gasteiger partial charge in [-0.2, -0.15) is 0 Å². The number of rotatable bonds is 4. The molecule has 0 amide bonds. The molecule has 0 spiro atoms. The van der Waals surface area contributed by atoms with Gasteiger partial charge >= 0.3 is 0 Å². The summed E-state index contributed by atoms with van der Waals surface area (Å²) in [6.45, 7) is 12.0. The zero-order valence-corrected chi connectivity index (χ0v) is 13.4. The normalized spacial score (nSPS) is 19.0. The van der Waals surface area contributed by atoms with Crippen molar-refractivity contribution in [2.75, 3.05) is 39.8 Å². The minimum absolute atomic E-state index is 0.270. The summed E-state index contributed by atoms with van der Waals surface area (Å²) in [6.07, 6.45) is 1.05. The highest BCUT2D eigenvalue weighted by molar-refractivity contribution is 7.11. The first kappa shape index (κ1) is 14.9. The van der Waals surface area contributed by atoms with Gasteiger partial charge in [-0.25, -0.2) is 4.98 Å². The third-order valence-electron chi connectivity index (χ3n) is 3.66. The van der Waals surface area contributed by atoms with Crippen molar-refractivity contribution in [3.05, 3.63) is 15.6 Å². The average Bonchev–Trinajstić information content (AvgIpc) is 2.70. The summed E-state index contributed by atoms with van der Waals surface area (Å²) in [6, 6.07) is 0. The molecule has 0 aliphatic carbocycles. The molecule has 1 aromatic rings. The lowest BCUT2D eigenvalue weighted by molar-refractivity contribution is 0.155. The van der Waals surface area contributed by atoms with Crippen LogP contribution in [0.1, 0.15) is 29.4 Å². The summed E-state index contributed by atoms with van der Waals surface area (Å²) >= 11 is 1.78. The highest BCUT2D eigenvalue weighted by Gasteiger charge is 2.21. The molecule has 108 valence electrons. The van der Waals surface area contributed by atoms with E-state index in [1.807, 2.05) is 0 Å². The number of hydrogen-bond donors (Lipinski definition) is 1. The van der Waals surface area contributed by atoms with Crippen LogP contribution in [-0.2, 0) is 12.0 Å². The number of nitrogens with two attached hydrogens (primary N) is 1. The maximum atomic E-state index is 6.18. The molecule has 1 aliphatic rings. The van der Waals surface area contributed by atoms with Gasteiger partial charge in [0, 0.05) is 49.6 Å². The molecule has 0 atom stereocenters. The fourth-order valence-electron chi connectivity index (χ4n) is 2.48. The van der Waals surface area contributed by atoms with Crippen LogP contribution in [0.25, 0.3) is 0 Å². The fraction of sp³-hybridized carbons (Fsp3) is 0.786. The largest absolute Gasteiger partial charge is 0.321 e. The first-order valence-electron chi connectivity index (χ1n) is 7.03. The van der Waals surface area contributed by atoms with Crippen molar-refractivity contribution in [3.8, 4) is 0 Å². The predicted molar refractivity (Wildman–Crippen MR) is 81.7 cm³/mol. The van der Waals surface area contributed by atoms with Gasteiger partial charge in [0.1, 0.15) is 0 Å². The lowest BCUT2D eigenvalue weighted by Gasteiger charge is -2.32. The maximum Gasteiger partial charge on any atom is 0.0944 e. The minimum atomic E-state index is -0.270. The molecular formula is C14H26N4S. The van der Waals surface area contributed by atoms with Crippen LogP contribution in [0, 0.1) is 6.92 Å². The molecule has 1 fully saturated rings. The number of aryl methyl sites for hydroxylation is 1.